The Balaban J connectivity index is 1.63. The summed E-state index contributed by atoms with van der Waals surface area (Å²) in [4.78, 5) is 16.4. The van der Waals surface area contributed by atoms with E-state index in [0.717, 1.165) is 17.8 Å². The first-order valence-electron chi connectivity index (χ1n) is 7.61. The number of aromatic nitrogens is 2. The zero-order chi connectivity index (χ0) is 16.2. The molecule has 2 heterocycles. The monoisotopic (exact) mass is 309 g/mol. The van der Waals surface area contributed by atoms with E-state index >= 15 is 0 Å². The van der Waals surface area contributed by atoms with Gasteiger partial charge in [0.05, 0.1) is 5.69 Å². The Labute approximate surface area is 134 Å². The Kier molecular flexibility index (Phi) is 4.28. The van der Waals surface area contributed by atoms with Gasteiger partial charge in [0.25, 0.3) is 5.91 Å². The molecule has 5 heteroatoms. The number of hydrogen-bond acceptors (Lipinski definition) is 3. The predicted molar refractivity (Wildman–Crippen MR) is 89.9 cm³/mol. The SMILES string of the molecule is CCc1ccc(NC(=O)COc2cccn3cc(C)nc23)cc1. The standard InChI is InChI=1S/C18H19N3O2/c1-3-14-6-8-15(9-7-14)20-17(22)12-23-16-5-4-10-21-11-13(2)19-18(16)21/h4-11H,3,12H2,1-2H3,(H,20,22). The molecule has 0 atom stereocenters. The zero-order valence-electron chi connectivity index (χ0n) is 13.2. The average molecular weight is 309 g/mol. The summed E-state index contributed by atoms with van der Waals surface area (Å²) >= 11 is 0. The number of nitrogens with zero attached hydrogens (tertiary/aromatic N) is 2. The first-order chi connectivity index (χ1) is 11.2. The number of pyridine rings is 1. The molecule has 1 amide bonds. The van der Waals surface area contributed by atoms with Crippen LogP contribution in [-0.4, -0.2) is 21.9 Å². The molecule has 0 aliphatic rings. The minimum atomic E-state index is -0.195. The highest BCUT2D eigenvalue weighted by Gasteiger charge is 2.08. The minimum Gasteiger partial charge on any atom is -0.480 e. The molecule has 0 aliphatic carbocycles. The number of nitrogens with one attached hydrogen (secondary N) is 1. The van der Waals surface area contributed by atoms with Crippen LogP contribution in [0, 0.1) is 6.92 Å². The van der Waals surface area contributed by atoms with Crippen LogP contribution in [0.15, 0.2) is 48.8 Å². The van der Waals surface area contributed by atoms with E-state index in [2.05, 4.69) is 17.2 Å². The smallest absolute Gasteiger partial charge is 0.262 e. The quantitative estimate of drug-likeness (QED) is 0.787. The number of fused-ring (bicyclic) bond motifs is 1. The molecule has 0 saturated carbocycles. The van der Waals surface area contributed by atoms with Crippen molar-refractivity contribution in [2.75, 3.05) is 11.9 Å². The van der Waals surface area contributed by atoms with Gasteiger partial charge in [0.1, 0.15) is 0 Å². The lowest BCUT2D eigenvalue weighted by atomic mass is 10.1. The average Bonchev–Trinajstić information content (AvgIpc) is 2.94. The summed E-state index contributed by atoms with van der Waals surface area (Å²) in [5.74, 6) is 0.400. The Morgan fingerprint density at radius 3 is 2.78 bits per heavy atom. The third-order valence-corrected chi connectivity index (χ3v) is 3.57. The highest BCUT2D eigenvalue weighted by Crippen LogP contribution is 2.18. The summed E-state index contributed by atoms with van der Waals surface area (Å²) < 4.78 is 7.50. The van der Waals surface area contributed by atoms with Gasteiger partial charge in [-0.05, 0) is 43.2 Å². The lowest BCUT2D eigenvalue weighted by Crippen LogP contribution is -2.20. The largest absolute Gasteiger partial charge is 0.480 e. The van der Waals surface area contributed by atoms with Gasteiger partial charge in [-0.1, -0.05) is 19.1 Å². The van der Waals surface area contributed by atoms with Gasteiger partial charge in [0.15, 0.2) is 18.0 Å². The van der Waals surface area contributed by atoms with E-state index in [1.54, 1.807) is 0 Å². The van der Waals surface area contributed by atoms with Crippen LogP contribution in [0.1, 0.15) is 18.2 Å². The van der Waals surface area contributed by atoms with Gasteiger partial charge in [0.2, 0.25) is 0 Å². The number of carbonyl (C=O) groups is 1. The predicted octanol–water partition coefficient (Wildman–Crippen LogP) is 3.22. The van der Waals surface area contributed by atoms with Crippen molar-refractivity contribution in [2.24, 2.45) is 0 Å². The lowest BCUT2D eigenvalue weighted by Gasteiger charge is -2.08. The topological polar surface area (TPSA) is 55.6 Å². The molecule has 0 spiro atoms. The molecule has 118 valence electrons. The maximum absolute atomic E-state index is 12.0. The number of amides is 1. The van der Waals surface area contributed by atoms with Gasteiger partial charge in [-0.3, -0.25) is 4.79 Å². The normalized spacial score (nSPS) is 10.7. The summed E-state index contributed by atoms with van der Waals surface area (Å²) in [5, 5.41) is 2.83. The Morgan fingerprint density at radius 1 is 1.26 bits per heavy atom. The van der Waals surface area contributed by atoms with E-state index in [1.807, 2.05) is 60.1 Å². The Bertz CT molecular complexity index is 822. The zero-order valence-corrected chi connectivity index (χ0v) is 13.2. The molecule has 0 bridgehead atoms. The number of anilines is 1. The van der Waals surface area contributed by atoms with Gasteiger partial charge in [-0.2, -0.15) is 0 Å². The number of hydrogen-bond donors (Lipinski definition) is 1. The van der Waals surface area contributed by atoms with Gasteiger partial charge in [-0.25, -0.2) is 4.98 Å². The van der Waals surface area contributed by atoms with E-state index in [-0.39, 0.29) is 12.5 Å². The molecule has 1 aromatic carbocycles. The maximum atomic E-state index is 12.0. The summed E-state index contributed by atoms with van der Waals surface area (Å²) in [6.45, 7) is 3.96. The van der Waals surface area contributed by atoms with E-state index in [4.69, 9.17) is 4.74 Å². The summed E-state index contributed by atoms with van der Waals surface area (Å²) in [7, 11) is 0. The van der Waals surface area contributed by atoms with Crippen molar-refractivity contribution in [3.63, 3.8) is 0 Å². The molecule has 3 rings (SSSR count). The summed E-state index contributed by atoms with van der Waals surface area (Å²) in [6, 6.07) is 11.5. The maximum Gasteiger partial charge on any atom is 0.262 e. The molecule has 0 unspecified atom stereocenters. The van der Waals surface area contributed by atoms with Crippen LogP contribution in [0.5, 0.6) is 5.75 Å². The van der Waals surface area contributed by atoms with E-state index < -0.39 is 0 Å². The molecule has 23 heavy (non-hydrogen) atoms. The van der Waals surface area contributed by atoms with Crippen LogP contribution in [0.25, 0.3) is 5.65 Å². The minimum absolute atomic E-state index is 0.0545. The first kappa shape index (κ1) is 15.1. The number of rotatable bonds is 5. The molecule has 0 radical (unpaired) electrons. The second-order valence-corrected chi connectivity index (χ2v) is 5.37. The van der Waals surface area contributed by atoms with E-state index in [9.17, 15) is 4.79 Å². The van der Waals surface area contributed by atoms with E-state index in [1.165, 1.54) is 5.56 Å². The van der Waals surface area contributed by atoms with Crippen molar-refractivity contribution in [3.8, 4) is 5.75 Å². The molecular weight excluding hydrogens is 290 g/mol. The molecule has 3 aromatic rings. The highest BCUT2D eigenvalue weighted by molar-refractivity contribution is 5.91. The van der Waals surface area contributed by atoms with Crippen molar-refractivity contribution in [2.45, 2.75) is 20.3 Å². The van der Waals surface area contributed by atoms with Gasteiger partial charge < -0.3 is 14.5 Å². The number of benzene rings is 1. The number of carbonyl (C=O) groups excluding carboxylic acids is 1. The fraction of sp³-hybridized carbons (Fsp3) is 0.222. The van der Waals surface area contributed by atoms with Crippen molar-refractivity contribution in [3.05, 3.63) is 60.0 Å². The van der Waals surface area contributed by atoms with Crippen LogP contribution in [-0.2, 0) is 11.2 Å². The molecule has 2 aromatic heterocycles. The van der Waals surface area contributed by atoms with Crippen LogP contribution in [0.3, 0.4) is 0 Å². The number of ether oxygens (including phenoxy) is 1. The molecule has 5 nitrogen and oxygen atoms in total. The van der Waals surface area contributed by atoms with E-state index in [0.29, 0.717) is 11.4 Å². The molecule has 1 N–H and O–H groups in total. The fourth-order valence-electron chi connectivity index (χ4n) is 2.39. The fourth-order valence-corrected chi connectivity index (χ4v) is 2.39. The second kappa shape index (κ2) is 6.52. The number of imidazole rings is 1. The van der Waals surface area contributed by atoms with Crippen molar-refractivity contribution in [1.82, 2.24) is 9.38 Å². The summed E-state index contributed by atoms with van der Waals surface area (Å²) in [5.41, 5.74) is 3.62. The van der Waals surface area contributed by atoms with Gasteiger partial charge in [0, 0.05) is 18.1 Å². The van der Waals surface area contributed by atoms with Crippen molar-refractivity contribution in [1.29, 1.82) is 0 Å². The lowest BCUT2D eigenvalue weighted by molar-refractivity contribution is -0.118. The van der Waals surface area contributed by atoms with Crippen LogP contribution in [0.2, 0.25) is 0 Å². The molecular formula is C18H19N3O2. The van der Waals surface area contributed by atoms with Crippen molar-refractivity contribution < 1.29 is 9.53 Å². The Morgan fingerprint density at radius 2 is 2.04 bits per heavy atom. The molecule has 0 saturated heterocycles. The van der Waals surface area contributed by atoms with Crippen LogP contribution in [0.4, 0.5) is 5.69 Å². The highest BCUT2D eigenvalue weighted by atomic mass is 16.5. The molecule has 0 fully saturated rings. The van der Waals surface area contributed by atoms with Crippen molar-refractivity contribution >= 4 is 17.2 Å². The Hall–Kier alpha value is -2.82. The van der Waals surface area contributed by atoms with Gasteiger partial charge in [-0.15, -0.1) is 0 Å². The molecule has 0 aliphatic heterocycles. The number of aryl methyl sites for hydroxylation is 2. The third kappa shape index (κ3) is 3.51. The second-order valence-electron chi connectivity index (χ2n) is 5.37. The summed E-state index contributed by atoms with van der Waals surface area (Å²) in [6.07, 6.45) is 4.79. The van der Waals surface area contributed by atoms with Crippen LogP contribution >= 0.6 is 0 Å². The van der Waals surface area contributed by atoms with Gasteiger partial charge >= 0.3 is 0 Å². The first-order valence-corrected chi connectivity index (χ1v) is 7.61. The van der Waals surface area contributed by atoms with Crippen LogP contribution < -0.4 is 10.1 Å². The third-order valence-electron chi connectivity index (χ3n) is 3.57.